The Morgan fingerprint density at radius 1 is 0.935 bits per heavy atom. The van der Waals surface area contributed by atoms with Gasteiger partial charge in [-0.2, -0.15) is 0 Å². The molecule has 0 unspecified atom stereocenters. The van der Waals surface area contributed by atoms with E-state index in [1.54, 1.807) is 0 Å². The SMILES string of the molecule is CN1C[C@H](c2ccccc2)[C@]2(COc3ccccc3C2=O)[C@@]12C(=O)Nc1ccccc12. The number of ether oxygens (including phenoxy) is 1. The molecule has 1 saturated heterocycles. The number of Topliss-reactive ketones (excluding diaryl/α,β-unsaturated/α-hetero) is 1. The summed E-state index contributed by atoms with van der Waals surface area (Å²) in [6.07, 6.45) is 0. The molecule has 1 amide bonds. The number of amides is 1. The zero-order valence-electron chi connectivity index (χ0n) is 17.2. The van der Waals surface area contributed by atoms with E-state index in [1.165, 1.54) is 0 Å². The first-order valence-electron chi connectivity index (χ1n) is 10.5. The summed E-state index contributed by atoms with van der Waals surface area (Å²) in [5.41, 5.74) is 0.959. The highest BCUT2D eigenvalue weighted by Gasteiger charge is 2.75. The lowest BCUT2D eigenvalue weighted by Crippen LogP contribution is -2.62. The van der Waals surface area contributed by atoms with Crippen LogP contribution in [0.1, 0.15) is 27.4 Å². The average Bonchev–Trinajstić information content (AvgIpc) is 3.25. The lowest BCUT2D eigenvalue weighted by Gasteiger charge is -2.47. The normalized spacial score (nSPS) is 29.0. The van der Waals surface area contributed by atoms with Crippen molar-refractivity contribution in [1.82, 2.24) is 4.90 Å². The van der Waals surface area contributed by atoms with Crippen molar-refractivity contribution in [3.63, 3.8) is 0 Å². The Hall–Kier alpha value is -3.44. The van der Waals surface area contributed by atoms with Crippen molar-refractivity contribution >= 4 is 17.4 Å². The van der Waals surface area contributed by atoms with E-state index in [-0.39, 0.29) is 24.2 Å². The number of benzene rings is 3. The molecule has 1 N–H and O–H groups in total. The van der Waals surface area contributed by atoms with E-state index in [0.717, 1.165) is 16.8 Å². The highest BCUT2D eigenvalue weighted by Crippen LogP contribution is 2.64. The van der Waals surface area contributed by atoms with E-state index < -0.39 is 11.0 Å². The summed E-state index contributed by atoms with van der Waals surface area (Å²) in [5, 5.41) is 3.06. The minimum Gasteiger partial charge on any atom is -0.492 e. The van der Waals surface area contributed by atoms with E-state index >= 15 is 0 Å². The van der Waals surface area contributed by atoms with Crippen molar-refractivity contribution in [2.45, 2.75) is 11.5 Å². The third-order valence-electron chi connectivity index (χ3n) is 7.36. The maximum Gasteiger partial charge on any atom is 0.250 e. The molecule has 3 aliphatic heterocycles. The van der Waals surface area contributed by atoms with E-state index in [4.69, 9.17) is 4.74 Å². The van der Waals surface area contributed by atoms with E-state index in [1.807, 2.05) is 85.9 Å². The average molecular weight is 410 g/mol. The summed E-state index contributed by atoms with van der Waals surface area (Å²) in [4.78, 5) is 30.3. The number of anilines is 1. The van der Waals surface area contributed by atoms with Gasteiger partial charge in [0.15, 0.2) is 5.78 Å². The Balaban J connectivity index is 1.68. The van der Waals surface area contributed by atoms with E-state index in [0.29, 0.717) is 17.9 Å². The zero-order valence-corrected chi connectivity index (χ0v) is 17.2. The molecule has 3 heterocycles. The molecule has 3 aromatic carbocycles. The Bertz CT molecular complexity index is 1220. The monoisotopic (exact) mass is 410 g/mol. The molecule has 0 radical (unpaired) electrons. The zero-order chi connectivity index (χ0) is 21.2. The molecule has 3 aromatic rings. The lowest BCUT2D eigenvalue weighted by atomic mass is 9.57. The second-order valence-corrected chi connectivity index (χ2v) is 8.64. The summed E-state index contributed by atoms with van der Waals surface area (Å²) < 4.78 is 6.25. The number of likely N-dealkylation sites (N-methyl/N-ethyl adjacent to an activating group) is 1. The van der Waals surface area contributed by atoms with Crippen LogP contribution in [0.4, 0.5) is 5.69 Å². The minimum absolute atomic E-state index is 0.0283. The van der Waals surface area contributed by atoms with Crippen molar-refractivity contribution in [2.75, 3.05) is 25.5 Å². The molecule has 0 aliphatic carbocycles. The van der Waals surface area contributed by atoms with Gasteiger partial charge in [0.25, 0.3) is 5.91 Å². The molecule has 0 saturated carbocycles. The molecule has 31 heavy (non-hydrogen) atoms. The molecular formula is C26H22N2O3. The molecule has 0 aromatic heterocycles. The first-order valence-corrected chi connectivity index (χ1v) is 10.5. The van der Waals surface area contributed by atoms with Crippen LogP contribution in [0.3, 0.4) is 0 Å². The Labute approximate surface area is 180 Å². The van der Waals surface area contributed by atoms with Gasteiger partial charge < -0.3 is 10.1 Å². The van der Waals surface area contributed by atoms with E-state index in [9.17, 15) is 9.59 Å². The molecule has 6 rings (SSSR count). The van der Waals surface area contributed by atoms with Crippen LogP contribution in [0.5, 0.6) is 5.75 Å². The molecule has 5 heteroatoms. The predicted molar refractivity (Wildman–Crippen MR) is 117 cm³/mol. The Kier molecular flexibility index (Phi) is 3.72. The second-order valence-electron chi connectivity index (χ2n) is 8.64. The van der Waals surface area contributed by atoms with Crippen molar-refractivity contribution in [3.8, 4) is 5.75 Å². The summed E-state index contributed by atoms with van der Waals surface area (Å²) in [6.45, 7) is 0.720. The van der Waals surface area contributed by atoms with Crippen LogP contribution in [0.25, 0.3) is 0 Å². The number of hydrogen-bond donors (Lipinski definition) is 1. The van der Waals surface area contributed by atoms with Gasteiger partial charge in [-0.1, -0.05) is 60.7 Å². The lowest BCUT2D eigenvalue weighted by molar-refractivity contribution is -0.131. The second kappa shape index (κ2) is 6.28. The maximum atomic E-state index is 14.4. The first kappa shape index (κ1) is 18.3. The summed E-state index contributed by atoms with van der Waals surface area (Å²) in [7, 11) is 1.94. The number of fused-ring (bicyclic) bond motifs is 4. The predicted octanol–water partition coefficient (Wildman–Crippen LogP) is 3.82. The number of likely N-dealkylation sites (tertiary alicyclic amines) is 1. The molecule has 5 nitrogen and oxygen atoms in total. The number of rotatable bonds is 1. The van der Waals surface area contributed by atoms with Gasteiger partial charge in [0.2, 0.25) is 0 Å². The third kappa shape index (κ3) is 2.09. The van der Waals surface area contributed by atoms with Crippen molar-refractivity contribution in [3.05, 3.63) is 95.6 Å². The fraction of sp³-hybridized carbons (Fsp3) is 0.231. The number of carbonyl (C=O) groups excluding carboxylic acids is 2. The minimum atomic E-state index is -1.14. The van der Waals surface area contributed by atoms with Crippen LogP contribution < -0.4 is 10.1 Å². The molecule has 3 atom stereocenters. The molecule has 3 aliphatic rings. The highest BCUT2D eigenvalue weighted by molar-refractivity contribution is 6.15. The summed E-state index contributed by atoms with van der Waals surface area (Å²) in [5.74, 6) is 0.197. The quantitative estimate of drug-likeness (QED) is 0.663. The van der Waals surface area contributed by atoms with Crippen molar-refractivity contribution < 1.29 is 14.3 Å². The number of hydrogen-bond acceptors (Lipinski definition) is 4. The van der Waals surface area contributed by atoms with Crippen LogP contribution in [0.2, 0.25) is 0 Å². The van der Waals surface area contributed by atoms with Gasteiger partial charge in [0.05, 0.1) is 5.56 Å². The van der Waals surface area contributed by atoms with Crippen molar-refractivity contribution in [1.29, 1.82) is 0 Å². The highest BCUT2D eigenvalue weighted by atomic mass is 16.5. The van der Waals surface area contributed by atoms with Gasteiger partial charge in [-0.3, -0.25) is 14.5 Å². The van der Waals surface area contributed by atoms with Gasteiger partial charge in [0.1, 0.15) is 23.3 Å². The van der Waals surface area contributed by atoms with Crippen LogP contribution in [0.15, 0.2) is 78.9 Å². The number of ketones is 1. The van der Waals surface area contributed by atoms with Crippen LogP contribution in [-0.4, -0.2) is 36.8 Å². The van der Waals surface area contributed by atoms with Gasteiger partial charge in [0, 0.05) is 23.7 Å². The smallest absolute Gasteiger partial charge is 0.250 e. The molecular weight excluding hydrogens is 388 g/mol. The van der Waals surface area contributed by atoms with Crippen LogP contribution in [0, 0.1) is 5.41 Å². The standard InChI is InChI=1S/C26H22N2O3/c1-28-15-20(17-9-3-2-4-10-17)25(16-31-22-14-8-5-11-18(22)23(25)29)26(28)19-12-6-7-13-21(19)27-24(26)30/h2-14,20H,15-16H2,1H3,(H,27,30)/t20-,25+,26-/m1/s1. The fourth-order valence-corrected chi connectivity index (χ4v) is 6.10. The van der Waals surface area contributed by atoms with E-state index in [2.05, 4.69) is 10.2 Å². The van der Waals surface area contributed by atoms with Gasteiger partial charge >= 0.3 is 0 Å². The van der Waals surface area contributed by atoms with Crippen LogP contribution in [-0.2, 0) is 10.3 Å². The number of para-hydroxylation sites is 2. The number of nitrogens with one attached hydrogen (secondary N) is 1. The van der Waals surface area contributed by atoms with Crippen LogP contribution >= 0.6 is 0 Å². The largest absolute Gasteiger partial charge is 0.492 e. The van der Waals surface area contributed by atoms with Gasteiger partial charge in [-0.25, -0.2) is 0 Å². The van der Waals surface area contributed by atoms with Crippen molar-refractivity contribution in [2.24, 2.45) is 5.41 Å². The van der Waals surface area contributed by atoms with Gasteiger partial charge in [-0.15, -0.1) is 0 Å². The summed E-state index contributed by atoms with van der Waals surface area (Å²) >= 11 is 0. The Morgan fingerprint density at radius 3 is 2.48 bits per heavy atom. The molecule has 0 bridgehead atoms. The first-order chi connectivity index (χ1) is 15.1. The molecule has 154 valence electrons. The maximum absolute atomic E-state index is 14.4. The summed E-state index contributed by atoms with van der Waals surface area (Å²) in [6, 6.07) is 25.1. The fourth-order valence-electron chi connectivity index (χ4n) is 6.10. The third-order valence-corrected chi connectivity index (χ3v) is 7.36. The molecule has 1 fully saturated rings. The number of nitrogens with zero attached hydrogens (tertiary/aromatic N) is 1. The number of carbonyl (C=O) groups is 2. The topological polar surface area (TPSA) is 58.6 Å². The molecule has 2 spiro atoms. The van der Waals surface area contributed by atoms with Gasteiger partial charge in [-0.05, 0) is 30.8 Å². The Morgan fingerprint density at radius 2 is 1.65 bits per heavy atom.